The van der Waals surface area contributed by atoms with Gasteiger partial charge in [0, 0.05) is 6.20 Å². The average molecular weight is 247 g/mol. The summed E-state index contributed by atoms with van der Waals surface area (Å²) in [5.41, 5.74) is 1.69. The van der Waals surface area contributed by atoms with Crippen LogP contribution in [0.15, 0.2) is 52.5 Å². The fourth-order valence-corrected chi connectivity index (χ4v) is 2.99. The Hall–Kier alpha value is -1.68. The molecule has 0 amide bonds. The van der Waals surface area contributed by atoms with Gasteiger partial charge >= 0.3 is 0 Å². The number of hydrogen-bond donors (Lipinski definition) is 0. The number of nitrogens with zero attached hydrogens (tertiary/aromatic N) is 1. The van der Waals surface area contributed by atoms with E-state index in [0.29, 0.717) is 5.56 Å². The number of rotatable bonds is 2. The van der Waals surface area contributed by atoms with Gasteiger partial charge in [0.25, 0.3) is 0 Å². The van der Waals surface area contributed by atoms with Gasteiger partial charge in [-0.2, -0.15) is 0 Å². The molecule has 3 nitrogen and oxygen atoms in total. The number of aromatic nitrogens is 1. The van der Waals surface area contributed by atoms with E-state index < -0.39 is 9.84 Å². The predicted octanol–water partition coefficient (Wildman–Crippen LogP) is 2.53. The molecule has 0 aliphatic heterocycles. The number of hydrogen-bond acceptors (Lipinski definition) is 3. The number of pyridine rings is 1. The fraction of sp³-hybridized carbons (Fsp3) is 0.154. The van der Waals surface area contributed by atoms with E-state index in [9.17, 15) is 8.42 Å². The van der Waals surface area contributed by atoms with Gasteiger partial charge in [-0.05, 0) is 37.6 Å². The minimum absolute atomic E-state index is 0.129. The second-order valence-electron chi connectivity index (χ2n) is 3.94. The molecule has 0 aliphatic carbocycles. The first-order valence-electron chi connectivity index (χ1n) is 5.25. The topological polar surface area (TPSA) is 47.0 Å². The first-order valence-corrected chi connectivity index (χ1v) is 6.73. The molecule has 4 heteroatoms. The van der Waals surface area contributed by atoms with E-state index in [1.54, 1.807) is 43.3 Å². The molecule has 1 heterocycles. The van der Waals surface area contributed by atoms with Crippen LogP contribution in [0.1, 0.15) is 11.1 Å². The van der Waals surface area contributed by atoms with Crippen molar-refractivity contribution < 1.29 is 8.42 Å². The third-order valence-electron chi connectivity index (χ3n) is 2.55. The van der Waals surface area contributed by atoms with Crippen LogP contribution in [0.25, 0.3) is 0 Å². The molecule has 1 aromatic heterocycles. The van der Waals surface area contributed by atoms with Crippen LogP contribution in [0.5, 0.6) is 0 Å². The zero-order valence-electron chi connectivity index (χ0n) is 9.71. The molecule has 0 radical (unpaired) electrons. The quantitative estimate of drug-likeness (QED) is 0.819. The highest BCUT2D eigenvalue weighted by atomic mass is 32.2. The molecule has 0 bridgehead atoms. The monoisotopic (exact) mass is 247 g/mol. The minimum atomic E-state index is -3.50. The SMILES string of the molecule is Cc1ccc(S(=O)(=O)c2ncccc2C)cc1. The second kappa shape index (κ2) is 4.30. The van der Waals surface area contributed by atoms with E-state index >= 15 is 0 Å². The lowest BCUT2D eigenvalue weighted by molar-refractivity contribution is 0.591. The predicted molar refractivity (Wildman–Crippen MR) is 65.6 cm³/mol. The van der Waals surface area contributed by atoms with Gasteiger partial charge in [0.05, 0.1) is 4.90 Å². The molecule has 17 heavy (non-hydrogen) atoms. The third-order valence-corrected chi connectivity index (χ3v) is 4.38. The van der Waals surface area contributed by atoms with Crippen LogP contribution in [0.4, 0.5) is 0 Å². The number of aryl methyl sites for hydroxylation is 2. The lowest BCUT2D eigenvalue weighted by Crippen LogP contribution is -2.06. The summed E-state index contributed by atoms with van der Waals surface area (Å²) in [7, 11) is -3.50. The summed E-state index contributed by atoms with van der Waals surface area (Å²) in [6.07, 6.45) is 1.49. The summed E-state index contributed by atoms with van der Waals surface area (Å²) in [6.45, 7) is 3.66. The highest BCUT2D eigenvalue weighted by Gasteiger charge is 2.20. The Bertz CT molecular complexity index is 631. The van der Waals surface area contributed by atoms with E-state index in [0.717, 1.165) is 5.56 Å². The largest absolute Gasteiger partial charge is 0.244 e. The van der Waals surface area contributed by atoms with E-state index in [2.05, 4.69) is 4.98 Å². The Morgan fingerprint density at radius 3 is 2.24 bits per heavy atom. The van der Waals surface area contributed by atoms with Gasteiger partial charge in [-0.3, -0.25) is 0 Å². The Morgan fingerprint density at radius 2 is 1.65 bits per heavy atom. The molecule has 0 spiro atoms. The van der Waals surface area contributed by atoms with Crippen molar-refractivity contribution in [1.29, 1.82) is 0 Å². The van der Waals surface area contributed by atoms with Crippen molar-refractivity contribution in [3.05, 3.63) is 53.7 Å². The molecular weight excluding hydrogens is 234 g/mol. The van der Waals surface area contributed by atoms with Crippen molar-refractivity contribution in [2.45, 2.75) is 23.8 Å². The first kappa shape index (κ1) is 11.8. The normalized spacial score (nSPS) is 11.4. The summed E-state index contributed by atoms with van der Waals surface area (Å²) >= 11 is 0. The summed E-state index contributed by atoms with van der Waals surface area (Å²) in [4.78, 5) is 4.24. The Morgan fingerprint density at radius 1 is 1.00 bits per heavy atom. The molecule has 0 N–H and O–H groups in total. The summed E-state index contributed by atoms with van der Waals surface area (Å²) in [6, 6.07) is 10.3. The molecule has 0 unspecified atom stereocenters. The van der Waals surface area contributed by atoms with Crippen molar-refractivity contribution in [3.63, 3.8) is 0 Å². The van der Waals surface area contributed by atoms with E-state index in [4.69, 9.17) is 0 Å². The van der Waals surface area contributed by atoms with Crippen molar-refractivity contribution in [3.8, 4) is 0 Å². The van der Waals surface area contributed by atoms with Crippen molar-refractivity contribution in [2.75, 3.05) is 0 Å². The molecule has 0 saturated heterocycles. The van der Waals surface area contributed by atoms with Crippen LogP contribution >= 0.6 is 0 Å². The van der Waals surface area contributed by atoms with Gasteiger partial charge in [0.2, 0.25) is 9.84 Å². The molecule has 2 rings (SSSR count). The van der Waals surface area contributed by atoms with Gasteiger partial charge in [-0.15, -0.1) is 0 Å². The Balaban J connectivity index is 2.58. The lowest BCUT2D eigenvalue weighted by atomic mass is 10.2. The number of sulfone groups is 1. The molecular formula is C13H13NO2S. The molecule has 0 saturated carbocycles. The van der Waals surface area contributed by atoms with Crippen molar-refractivity contribution in [1.82, 2.24) is 4.98 Å². The smallest absolute Gasteiger partial charge is 0.224 e. The van der Waals surface area contributed by atoms with Gasteiger partial charge < -0.3 is 0 Å². The van der Waals surface area contributed by atoms with Crippen molar-refractivity contribution in [2.24, 2.45) is 0 Å². The highest BCUT2D eigenvalue weighted by molar-refractivity contribution is 7.91. The van der Waals surface area contributed by atoms with E-state index in [1.807, 2.05) is 6.92 Å². The lowest BCUT2D eigenvalue weighted by Gasteiger charge is -2.06. The Labute approximate surface area is 101 Å². The summed E-state index contributed by atoms with van der Waals surface area (Å²) < 4.78 is 24.6. The van der Waals surface area contributed by atoms with Crippen LogP contribution in [0.2, 0.25) is 0 Å². The average Bonchev–Trinajstić information content (AvgIpc) is 2.30. The minimum Gasteiger partial charge on any atom is -0.244 e. The first-order chi connectivity index (χ1) is 8.01. The zero-order valence-corrected chi connectivity index (χ0v) is 10.5. The standard InChI is InChI=1S/C13H13NO2S/c1-10-5-7-12(8-6-10)17(15,16)13-11(2)4-3-9-14-13/h3-9H,1-2H3. The number of benzene rings is 1. The van der Waals surface area contributed by atoms with Gasteiger partial charge in [-0.25, -0.2) is 13.4 Å². The van der Waals surface area contributed by atoms with Gasteiger partial charge in [-0.1, -0.05) is 23.8 Å². The maximum Gasteiger partial charge on any atom is 0.224 e. The van der Waals surface area contributed by atoms with Crippen LogP contribution in [0, 0.1) is 13.8 Å². The van der Waals surface area contributed by atoms with Crippen LogP contribution in [0.3, 0.4) is 0 Å². The molecule has 2 aromatic rings. The molecule has 88 valence electrons. The zero-order chi connectivity index (χ0) is 12.5. The summed E-state index contributed by atoms with van der Waals surface area (Å²) in [5.74, 6) is 0. The van der Waals surface area contributed by atoms with E-state index in [-0.39, 0.29) is 9.92 Å². The maximum atomic E-state index is 12.3. The Kier molecular flexibility index (Phi) is 2.98. The molecule has 0 atom stereocenters. The third kappa shape index (κ3) is 2.22. The second-order valence-corrected chi connectivity index (χ2v) is 5.81. The highest BCUT2D eigenvalue weighted by Crippen LogP contribution is 2.21. The van der Waals surface area contributed by atoms with Crippen LogP contribution in [-0.2, 0) is 9.84 Å². The fourth-order valence-electron chi connectivity index (χ4n) is 1.58. The summed E-state index contributed by atoms with van der Waals surface area (Å²) in [5, 5.41) is 0.129. The van der Waals surface area contributed by atoms with Crippen LogP contribution < -0.4 is 0 Å². The molecule has 0 fully saturated rings. The van der Waals surface area contributed by atoms with Crippen molar-refractivity contribution >= 4 is 9.84 Å². The van der Waals surface area contributed by atoms with Gasteiger partial charge in [0.15, 0.2) is 5.03 Å². The van der Waals surface area contributed by atoms with E-state index in [1.165, 1.54) is 6.20 Å². The molecule has 1 aromatic carbocycles. The molecule has 0 aliphatic rings. The van der Waals surface area contributed by atoms with Crippen LogP contribution in [-0.4, -0.2) is 13.4 Å². The van der Waals surface area contributed by atoms with Gasteiger partial charge in [0.1, 0.15) is 0 Å². The maximum absolute atomic E-state index is 12.3.